The molecule has 1 aromatic carbocycles. The van der Waals surface area contributed by atoms with Crippen LogP contribution in [0.4, 0.5) is 5.95 Å². The second-order valence-electron chi connectivity index (χ2n) is 7.06. The van der Waals surface area contributed by atoms with Crippen LogP contribution >= 0.6 is 11.8 Å². The molecule has 1 aliphatic heterocycles. The number of methoxy groups -OCH3 is 1. The topological polar surface area (TPSA) is 87.5 Å². The number of hydrogen-bond donors (Lipinski definition) is 1. The number of esters is 1. The zero-order chi connectivity index (χ0) is 22.4. The highest BCUT2D eigenvalue weighted by atomic mass is 32.2. The lowest BCUT2D eigenvalue weighted by molar-refractivity contribution is -0.139. The second-order valence-corrected chi connectivity index (χ2v) is 8.29. The first-order valence-corrected chi connectivity index (χ1v) is 11.6. The van der Waals surface area contributed by atoms with Crippen molar-refractivity contribution >= 4 is 23.7 Å². The Kier molecular flexibility index (Phi) is 7.84. The van der Waals surface area contributed by atoms with Crippen molar-refractivity contribution in [3.05, 3.63) is 35.0 Å². The summed E-state index contributed by atoms with van der Waals surface area (Å²) in [7, 11) is 1.61. The van der Waals surface area contributed by atoms with E-state index in [9.17, 15) is 4.79 Å². The molecular weight excluding hydrogens is 416 g/mol. The predicted octanol–water partition coefficient (Wildman–Crippen LogP) is 4.43. The number of aromatic nitrogens is 3. The molecule has 1 atom stereocenters. The average Bonchev–Trinajstić information content (AvgIpc) is 3.17. The minimum atomic E-state index is -0.492. The number of hydrogen-bond acceptors (Lipinski definition) is 8. The van der Waals surface area contributed by atoms with Gasteiger partial charge in [-0.25, -0.2) is 9.48 Å². The van der Waals surface area contributed by atoms with Crippen LogP contribution in [0.5, 0.6) is 11.5 Å². The van der Waals surface area contributed by atoms with Crippen LogP contribution in [0.1, 0.15) is 52.1 Å². The Morgan fingerprint density at radius 3 is 2.65 bits per heavy atom. The van der Waals surface area contributed by atoms with Gasteiger partial charge in [0.15, 0.2) is 11.5 Å². The van der Waals surface area contributed by atoms with E-state index in [1.165, 1.54) is 0 Å². The van der Waals surface area contributed by atoms with E-state index in [4.69, 9.17) is 14.2 Å². The standard InChI is InChI=1S/C22H30N4O4S/c1-6-11-29-16-10-9-15(13-17(16)28-5)19-18(20(27)30-12-7-2)14(4)23-21-24-22(31-8-3)25-26(19)21/h9-10,13,19H,6-8,11-12H2,1-5H3,(H,23,24,25). The quantitative estimate of drug-likeness (QED) is 0.424. The van der Waals surface area contributed by atoms with E-state index in [1.54, 1.807) is 23.6 Å². The number of ether oxygens (including phenoxy) is 3. The summed E-state index contributed by atoms with van der Waals surface area (Å²) in [5.41, 5.74) is 2.04. The molecule has 0 saturated carbocycles. The Hall–Kier alpha value is -2.68. The van der Waals surface area contributed by atoms with Crippen molar-refractivity contribution in [3.63, 3.8) is 0 Å². The van der Waals surface area contributed by atoms with E-state index < -0.39 is 6.04 Å². The zero-order valence-electron chi connectivity index (χ0n) is 18.7. The Balaban J connectivity index is 2.09. The molecule has 9 heteroatoms. The van der Waals surface area contributed by atoms with Crippen molar-refractivity contribution in [1.29, 1.82) is 0 Å². The van der Waals surface area contributed by atoms with Gasteiger partial charge in [0.2, 0.25) is 11.1 Å². The third-order valence-corrected chi connectivity index (χ3v) is 5.45. The SMILES string of the molecule is CCCOC(=O)C1=C(C)Nc2nc(SCC)nn2C1c1ccc(OCCC)c(OC)c1. The van der Waals surface area contributed by atoms with Gasteiger partial charge in [-0.05, 0) is 43.2 Å². The highest BCUT2D eigenvalue weighted by molar-refractivity contribution is 7.99. The normalized spacial score (nSPS) is 15.3. The number of anilines is 1. The molecule has 2 aromatic rings. The molecule has 0 radical (unpaired) electrons. The third kappa shape index (κ3) is 4.98. The third-order valence-electron chi connectivity index (χ3n) is 4.73. The van der Waals surface area contributed by atoms with Crippen LogP contribution in [0.15, 0.2) is 34.6 Å². The minimum Gasteiger partial charge on any atom is -0.493 e. The van der Waals surface area contributed by atoms with Gasteiger partial charge in [0, 0.05) is 5.70 Å². The van der Waals surface area contributed by atoms with E-state index in [-0.39, 0.29) is 5.97 Å². The molecule has 31 heavy (non-hydrogen) atoms. The lowest BCUT2D eigenvalue weighted by Crippen LogP contribution is -2.29. The summed E-state index contributed by atoms with van der Waals surface area (Å²) in [5, 5.41) is 8.53. The summed E-state index contributed by atoms with van der Waals surface area (Å²) in [5.74, 6) is 2.35. The van der Waals surface area contributed by atoms with Crippen LogP contribution in [0, 0.1) is 0 Å². The van der Waals surface area contributed by atoms with E-state index in [1.807, 2.05) is 39.0 Å². The number of thioether (sulfide) groups is 1. The molecule has 0 spiro atoms. The van der Waals surface area contributed by atoms with Gasteiger partial charge in [-0.1, -0.05) is 38.6 Å². The number of rotatable bonds is 10. The lowest BCUT2D eigenvalue weighted by atomic mass is 9.95. The van der Waals surface area contributed by atoms with Crippen LogP contribution < -0.4 is 14.8 Å². The van der Waals surface area contributed by atoms with Crippen molar-refractivity contribution < 1.29 is 19.0 Å². The molecule has 1 aromatic heterocycles. The monoisotopic (exact) mass is 446 g/mol. The summed E-state index contributed by atoms with van der Waals surface area (Å²) in [6.07, 6.45) is 1.65. The molecule has 0 fully saturated rings. The van der Waals surface area contributed by atoms with E-state index >= 15 is 0 Å². The molecule has 0 amide bonds. The molecule has 168 valence electrons. The number of fused-ring (bicyclic) bond motifs is 1. The summed E-state index contributed by atoms with van der Waals surface area (Å²) in [6, 6.07) is 5.20. The van der Waals surface area contributed by atoms with E-state index in [0.29, 0.717) is 47.1 Å². The molecular formula is C22H30N4O4S. The van der Waals surface area contributed by atoms with Crippen molar-refractivity contribution in [1.82, 2.24) is 14.8 Å². The Morgan fingerprint density at radius 2 is 1.97 bits per heavy atom. The Labute approximate surface area is 187 Å². The molecule has 3 rings (SSSR count). The minimum absolute atomic E-state index is 0.358. The summed E-state index contributed by atoms with van der Waals surface area (Å²) < 4.78 is 18.6. The average molecular weight is 447 g/mol. The van der Waals surface area contributed by atoms with E-state index in [0.717, 1.165) is 24.2 Å². The first-order valence-electron chi connectivity index (χ1n) is 10.6. The maximum Gasteiger partial charge on any atom is 0.338 e. The molecule has 0 bridgehead atoms. The van der Waals surface area contributed by atoms with Crippen LogP contribution in [-0.4, -0.2) is 46.8 Å². The maximum absolute atomic E-state index is 13.0. The summed E-state index contributed by atoms with van der Waals surface area (Å²) in [6.45, 7) is 8.88. The molecule has 8 nitrogen and oxygen atoms in total. The number of carbonyl (C=O) groups excluding carboxylic acids is 1. The van der Waals surface area contributed by atoms with Gasteiger partial charge in [-0.15, -0.1) is 5.10 Å². The maximum atomic E-state index is 13.0. The fourth-order valence-electron chi connectivity index (χ4n) is 3.35. The smallest absolute Gasteiger partial charge is 0.338 e. The number of nitrogens with one attached hydrogen (secondary N) is 1. The molecule has 1 aliphatic rings. The van der Waals surface area contributed by atoms with Crippen LogP contribution in [0.25, 0.3) is 0 Å². The van der Waals surface area contributed by atoms with Gasteiger partial charge in [-0.2, -0.15) is 4.98 Å². The van der Waals surface area contributed by atoms with Gasteiger partial charge in [-0.3, -0.25) is 0 Å². The largest absolute Gasteiger partial charge is 0.493 e. The van der Waals surface area contributed by atoms with Crippen LogP contribution in [-0.2, 0) is 9.53 Å². The fourth-order valence-corrected chi connectivity index (χ4v) is 3.91. The number of benzene rings is 1. The highest BCUT2D eigenvalue weighted by Gasteiger charge is 2.35. The fraction of sp³-hybridized carbons (Fsp3) is 0.500. The zero-order valence-corrected chi connectivity index (χ0v) is 19.5. The van der Waals surface area contributed by atoms with Crippen molar-refractivity contribution in [3.8, 4) is 11.5 Å². The van der Waals surface area contributed by atoms with Gasteiger partial charge in [0.05, 0.1) is 25.9 Å². The summed E-state index contributed by atoms with van der Waals surface area (Å²) >= 11 is 1.55. The molecule has 1 unspecified atom stereocenters. The summed E-state index contributed by atoms with van der Waals surface area (Å²) in [4.78, 5) is 17.6. The van der Waals surface area contributed by atoms with Gasteiger partial charge >= 0.3 is 5.97 Å². The molecule has 2 heterocycles. The first kappa shape index (κ1) is 23.0. The predicted molar refractivity (Wildman–Crippen MR) is 121 cm³/mol. The number of carbonyl (C=O) groups is 1. The number of allylic oxidation sites excluding steroid dienone is 1. The van der Waals surface area contributed by atoms with Crippen LogP contribution in [0.2, 0.25) is 0 Å². The van der Waals surface area contributed by atoms with Gasteiger partial charge < -0.3 is 19.5 Å². The molecule has 0 saturated heterocycles. The lowest BCUT2D eigenvalue weighted by Gasteiger charge is -2.28. The van der Waals surface area contributed by atoms with Crippen LogP contribution in [0.3, 0.4) is 0 Å². The van der Waals surface area contributed by atoms with Crippen molar-refractivity contribution in [2.75, 3.05) is 31.4 Å². The van der Waals surface area contributed by atoms with Gasteiger partial charge in [0.25, 0.3) is 0 Å². The Morgan fingerprint density at radius 1 is 1.19 bits per heavy atom. The first-order chi connectivity index (χ1) is 15.0. The molecule has 0 aliphatic carbocycles. The van der Waals surface area contributed by atoms with E-state index in [2.05, 4.69) is 22.3 Å². The van der Waals surface area contributed by atoms with Crippen molar-refractivity contribution in [2.24, 2.45) is 0 Å². The second kappa shape index (κ2) is 10.6. The highest BCUT2D eigenvalue weighted by Crippen LogP contribution is 2.39. The Bertz CT molecular complexity index is 957. The number of nitrogens with zero attached hydrogens (tertiary/aromatic N) is 3. The molecule has 1 N–H and O–H groups in total. The van der Waals surface area contributed by atoms with Crippen molar-refractivity contribution in [2.45, 2.75) is 51.7 Å². The van der Waals surface area contributed by atoms with Gasteiger partial charge in [0.1, 0.15) is 6.04 Å².